The van der Waals surface area contributed by atoms with Gasteiger partial charge in [0, 0.05) is 29.7 Å². The lowest BCUT2D eigenvalue weighted by molar-refractivity contribution is 0.0942. The molecule has 5 nitrogen and oxygen atoms in total. The Labute approximate surface area is 123 Å². The maximum absolute atomic E-state index is 12.4. The highest BCUT2D eigenvalue weighted by Crippen LogP contribution is 2.22. The minimum absolute atomic E-state index is 0.0468. The summed E-state index contributed by atoms with van der Waals surface area (Å²) in [5, 5.41) is 3.75. The number of amides is 1. The van der Waals surface area contributed by atoms with Crippen LogP contribution >= 0.6 is 0 Å². The van der Waals surface area contributed by atoms with Crippen molar-refractivity contribution in [2.45, 2.75) is 25.9 Å². The van der Waals surface area contributed by atoms with Gasteiger partial charge in [0.2, 0.25) is 0 Å². The Bertz CT molecular complexity index is 792. The molecule has 0 spiro atoms. The van der Waals surface area contributed by atoms with Crippen LogP contribution in [0.5, 0.6) is 0 Å². The molecule has 1 aromatic heterocycles. The van der Waals surface area contributed by atoms with E-state index in [2.05, 4.69) is 5.32 Å². The maximum Gasteiger partial charge on any atom is 0.253 e. The minimum atomic E-state index is -2.99. The van der Waals surface area contributed by atoms with E-state index in [1.807, 2.05) is 42.0 Å². The molecule has 1 fully saturated rings. The standard InChI is InChI=1S/C15H18N2O3S/c1-2-17-9-13(12-5-3-4-6-14(12)17)15(18)16-11-7-8-21(19,20)10-11/h3-6,9,11H,2,7-8,10H2,1H3,(H,16,18)/t11-/m1/s1. The topological polar surface area (TPSA) is 68.2 Å². The molecular formula is C15H18N2O3S. The number of nitrogens with one attached hydrogen (secondary N) is 1. The quantitative estimate of drug-likeness (QED) is 0.936. The molecule has 1 aliphatic heterocycles. The van der Waals surface area contributed by atoms with Crippen LogP contribution < -0.4 is 5.32 Å². The number of nitrogens with zero attached hydrogens (tertiary/aromatic N) is 1. The molecular weight excluding hydrogens is 288 g/mol. The number of hydrogen-bond donors (Lipinski definition) is 1. The van der Waals surface area contributed by atoms with E-state index in [0.29, 0.717) is 12.0 Å². The predicted octanol–water partition coefficient (Wildman–Crippen LogP) is 1.58. The van der Waals surface area contributed by atoms with Crippen LogP contribution in [0.15, 0.2) is 30.5 Å². The van der Waals surface area contributed by atoms with Gasteiger partial charge in [0.15, 0.2) is 9.84 Å². The summed E-state index contributed by atoms with van der Waals surface area (Å²) in [7, 11) is -2.99. The van der Waals surface area contributed by atoms with Gasteiger partial charge in [0.1, 0.15) is 0 Å². The Balaban J connectivity index is 1.88. The molecule has 1 N–H and O–H groups in total. The molecule has 3 rings (SSSR count). The molecule has 0 bridgehead atoms. The number of fused-ring (bicyclic) bond motifs is 1. The fourth-order valence-corrected chi connectivity index (χ4v) is 4.53. The second-order valence-corrected chi connectivity index (χ2v) is 7.65. The molecule has 6 heteroatoms. The molecule has 0 unspecified atom stereocenters. The van der Waals surface area contributed by atoms with Crippen LogP contribution in [0.2, 0.25) is 0 Å². The molecule has 1 atom stereocenters. The van der Waals surface area contributed by atoms with Gasteiger partial charge in [-0.05, 0) is 19.4 Å². The van der Waals surface area contributed by atoms with Gasteiger partial charge in [0.25, 0.3) is 5.91 Å². The normalized spacial score (nSPS) is 20.7. The predicted molar refractivity (Wildman–Crippen MR) is 82.1 cm³/mol. The van der Waals surface area contributed by atoms with Crippen LogP contribution in [-0.2, 0) is 16.4 Å². The molecule has 2 aromatic rings. The average Bonchev–Trinajstić information content (AvgIpc) is 2.99. The van der Waals surface area contributed by atoms with Gasteiger partial charge in [-0.3, -0.25) is 4.79 Å². The fraction of sp³-hybridized carbons (Fsp3) is 0.400. The summed E-state index contributed by atoms with van der Waals surface area (Å²) in [6.07, 6.45) is 2.34. The van der Waals surface area contributed by atoms with Crippen LogP contribution in [0.3, 0.4) is 0 Å². The number of carbonyl (C=O) groups is 1. The fourth-order valence-electron chi connectivity index (χ4n) is 2.86. The second-order valence-electron chi connectivity index (χ2n) is 5.42. The third kappa shape index (κ3) is 2.68. The van der Waals surface area contributed by atoms with E-state index in [0.717, 1.165) is 17.4 Å². The van der Waals surface area contributed by atoms with Crippen molar-refractivity contribution in [1.29, 1.82) is 0 Å². The van der Waals surface area contributed by atoms with Gasteiger partial charge < -0.3 is 9.88 Å². The molecule has 1 saturated heterocycles. The lowest BCUT2D eigenvalue weighted by Gasteiger charge is -2.09. The van der Waals surface area contributed by atoms with Gasteiger partial charge in [-0.25, -0.2) is 8.42 Å². The highest BCUT2D eigenvalue weighted by molar-refractivity contribution is 7.91. The van der Waals surface area contributed by atoms with Crippen LogP contribution in [0.1, 0.15) is 23.7 Å². The molecule has 21 heavy (non-hydrogen) atoms. The van der Waals surface area contributed by atoms with Crippen LogP contribution in [0.4, 0.5) is 0 Å². The zero-order chi connectivity index (χ0) is 15.0. The summed E-state index contributed by atoms with van der Waals surface area (Å²) in [6, 6.07) is 7.47. The van der Waals surface area contributed by atoms with Crippen molar-refractivity contribution < 1.29 is 13.2 Å². The molecule has 1 aliphatic rings. The summed E-state index contributed by atoms with van der Waals surface area (Å²) < 4.78 is 25.0. The Hall–Kier alpha value is -1.82. The summed E-state index contributed by atoms with van der Waals surface area (Å²) in [5.41, 5.74) is 1.63. The van der Waals surface area contributed by atoms with Gasteiger partial charge in [0.05, 0.1) is 17.1 Å². The number of benzene rings is 1. The van der Waals surface area contributed by atoms with Crippen molar-refractivity contribution in [3.8, 4) is 0 Å². The van der Waals surface area contributed by atoms with E-state index in [9.17, 15) is 13.2 Å². The number of aromatic nitrogens is 1. The number of aryl methyl sites for hydroxylation is 1. The Morgan fingerprint density at radius 1 is 1.38 bits per heavy atom. The average molecular weight is 306 g/mol. The molecule has 0 aliphatic carbocycles. The van der Waals surface area contributed by atoms with E-state index >= 15 is 0 Å². The third-order valence-electron chi connectivity index (χ3n) is 3.94. The maximum atomic E-state index is 12.4. The smallest absolute Gasteiger partial charge is 0.253 e. The zero-order valence-electron chi connectivity index (χ0n) is 11.9. The van der Waals surface area contributed by atoms with Gasteiger partial charge >= 0.3 is 0 Å². The minimum Gasteiger partial charge on any atom is -0.348 e. The monoisotopic (exact) mass is 306 g/mol. The van der Waals surface area contributed by atoms with E-state index in [-0.39, 0.29) is 23.5 Å². The van der Waals surface area contributed by atoms with Gasteiger partial charge in [-0.2, -0.15) is 0 Å². The van der Waals surface area contributed by atoms with Crippen molar-refractivity contribution in [1.82, 2.24) is 9.88 Å². The first-order valence-electron chi connectivity index (χ1n) is 7.09. The van der Waals surface area contributed by atoms with Crippen LogP contribution in [-0.4, -0.2) is 36.4 Å². The number of para-hydroxylation sites is 1. The lowest BCUT2D eigenvalue weighted by Crippen LogP contribution is -2.35. The van der Waals surface area contributed by atoms with E-state index in [4.69, 9.17) is 0 Å². The van der Waals surface area contributed by atoms with Crippen molar-refractivity contribution in [3.05, 3.63) is 36.0 Å². The Morgan fingerprint density at radius 2 is 2.14 bits per heavy atom. The van der Waals surface area contributed by atoms with E-state index in [1.165, 1.54) is 0 Å². The van der Waals surface area contributed by atoms with Crippen molar-refractivity contribution in [3.63, 3.8) is 0 Å². The van der Waals surface area contributed by atoms with Gasteiger partial charge in [-0.1, -0.05) is 18.2 Å². The van der Waals surface area contributed by atoms with Crippen molar-refractivity contribution in [2.24, 2.45) is 0 Å². The summed E-state index contributed by atoms with van der Waals surface area (Å²) in [4.78, 5) is 12.4. The number of sulfone groups is 1. The highest BCUT2D eigenvalue weighted by Gasteiger charge is 2.29. The summed E-state index contributed by atoms with van der Waals surface area (Å²) in [5.74, 6) is 0.0142. The number of rotatable bonds is 3. The summed E-state index contributed by atoms with van der Waals surface area (Å²) >= 11 is 0. The third-order valence-corrected chi connectivity index (χ3v) is 5.71. The van der Waals surface area contributed by atoms with E-state index in [1.54, 1.807) is 0 Å². The number of carbonyl (C=O) groups excluding carboxylic acids is 1. The van der Waals surface area contributed by atoms with Crippen LogP contribution in [0.25, 0.3) is 10.9 Å². The molecule has 2 heterocycles. The largest absolute Gasteiger partial charge is 0.348 e. The molecule has 112 valence electrons. The van der Waals surface area contributed by atoms with Crippen molar-refractivity contribution in [2.75, 3.05) is 11.5 Å². The van der Waals surface area contributed by atoms with Gasteiger partial charge in [-0.15, -0.1) is 0 Å². The summed E-state index contributed by atoms with van der Waals surface area (Å²) in [6.45, 7) is 2.81. The second kappa shape index (κ2) is 5.18. The Kier molecular flexibility index (Phi) is 3.49. The van der Waals surface area contributed by atoms with Crippen LogP contribution in [0, 0.1) is 0 Å². The molecule has 1 amide bonds. The van der Waals surface area contributed by atoms with Crippen molar-refractivity contribution >= 4 is 26.6 Å². The molecule has 0 radical (unpaired) electrons. The van der Waals surface area contributed by atoms with E-state index < -0.39 is 9.84 Å². The molecule has 0 saturated carbocycles. The highest BCUT2D eigenvalue weighted by atomic mass is 32.2. The zero-order valence-corrected chi connectivity index (χ0v) is 12.7. The molecule has 1 aromatic carbocycles. The first-order valence-corrected chi connectivity index (χ1v) is 8.91. The lowest BCUT2D eigenvalue weighted by atomic mass is 10.1. The first-order chi connectivity index (χ1) is 10.00. The number of hydrogen-bond acceptors (Lipinski definition) is 3. The first kappa shape index (κ1) is 14.1. The Morgan fingerprint density at radius 3 is 2.81 bits per heavy atom. The SMILES string of the molecule is CCn1cc(C(=O)N[C@@H]2CCS(=O)(=O)C2)c2ccccc21.